The summed E-state index contributed by atoms with van der Waals surface area (Å²) in [6.07, 6.45) is -5.76. The van der Waals surface area contributed by atoms with Crippen LogP contribution in [0.5, 0.6) is 5.75 Å². The van der Waals surface area contributed by atoms with Crippen LogP contribution in [0.25, 0.3) is 0 Å². The number of benzene rings is 7. The molecule has 346 valence electrons. The normalized spacial score (nSPS) is 19.5. The Balaban J connectivity index is 1.25. The van der Waals surface area contributed by atoms with Gasteiger partial charge in [0.1, 0.15) is 42.4 Å². The van der Waals surface area contributed by atoms with E-state index in [1.54, 1.807) is 7.11 Å². The van der Waals surface area contributed by atoms with Crippen molar-refractivity contribution in [1.29, 1.82) is 0 Å². The van der Waals surface area contributed by atoms with Crippen LogP contribution in [0.3, 0.4) is 0 Å². The van der Waals surface area contributed by atoms with Crippen LogP contribution in [0.2, 0.25) is 0 Å². The van der Waals surface area contributed by atoms with Crippen molar-refractivity contribution < 1.29 is 46.6 Å². The van der Waals surface area contributed by atoms with Crippen LogP contribution in [0.4, 0.5) is 0 Å². The largest absolute Gasteiger partial charge is 0.497 e. The number of hydrogen-bond acceptors (Lipinski definition) is 10. The minimum absolute atomic E-state index is 0.0554. The Morgan fingerprint density at radius 2 is 0.552 bits per heavy atom. The van der Waals surface area contributed by atoms with Gasteiger partial charge >= 0.3 is 7.82 Å². The summed E-state index contributed by atoms with van der Waals surface area (Å²) in [5, 5.41) is 0. The number of methoxy groups -OCH3 is 1. The lowest BCUT2D eigenvalue weighted by atomic mass is 9.83. The lowest BCUT2D eigenvalue weighted by molar-refractivity contribution is -0.280. The van der Waals surface area contributed by atoms with Gasteiger partial charge < -0.3 is 28.4 Å². The highest BCUT2D eigenvalue weighted by molar-refractivity contribution is 7.48. The number of hydrogen-bond donors (Lipinski definition) is 0. The molecule has 0 heterocycles. The van der Waals surface area contributed by atoms with Gasteiger partial charge in [0.15, 0.2) is 0 Å². The number of ether oxygens (including phenoxy) is 6. The zero-order valence-electron chi connectivity index (χ0n) is 37.6. The molecule has 0 saturated heterocycles. The Morgan fingerprint density at radius 1 is 0.313 bits per heavy atom. The number of rotatable bonds is 24. The Kier molecular flexibility index (Phi) is 17.7. The summed E-state index contributed by atoms with van der Waals surface area (Å²) in [5.41, 5.74) is 6.16. The highest BCUT2D eigenvalue weighted by Crippen LogP contribution is 2.54. The summed E-state index contributed by atoms with van der Waals surface area (Å²) in [4.78, 5) is 0. The van der Waals surface area contributed by atoms with Crippen molar-refractivity contribution in [3.63, 3.8) is 0 Å². The van der Waals surface area contributed by atoms with Crippen molar-refractivity contribution in [2.45, 2.75) is 82.9 Å². The monoisotopic (exact) mass is 920 g/mol. The van der Waals surface area contributed by atoms with Crippen molar-refractivity contribution >= 4 is 7.82 Å². The molecule has 1 saturated carbocycles. The standard InChI is InChI=1S/C56H57O10P/c1-58-50-34-32-49(33-35-50)40-61-51-52(59-36-43-20-8-2-9-21-43)54(62-38-45-24-12-4-13-25-45)56(55(63-39-46-26-14-5-15-27-46)53(51)60-37-44-22-10-3-11-23-44)66-67(57,64-41-47-28-16-6-17-29-47)65-42-48-30-18-7-19-31-48/h2-35,51-56H,36-42H2,1H3/t51?,52-,53-,54-,55+,56?/m0/s1. The van der Waals surface area contributed by atoms with Crippen molar-refractivity contribution in [2.24, 2.45) is 0 Å². The molecular formula is C56H57O10P. The third-order valence-corrected chi connectivity index (χ3v) is 12.8. The summed E-state index contributed by atoms with van der Waals surface area (Å²) in [6.45, 7) is 0.775. The third-order valence-electron chi connectivity index (χ3n) is 11.4. The second-order valence-electron chi connectivity index (χ2n) is 16.2. The molecule has 1 aliphatic rings. The molecule has 1 aliphatic carbocycles. The van der Waals surface area contributed by atoms with Gasteiger partial charge in [0.2, 0.25) is 0 Å². The molecule has 8 rings (SSSR count). The fourth-order valence-corrected chi connectivity index (χ4v) is 9.22. The molecule has 10 nitrogen and oxygen atoms in total. The molecule has 0 N–H and O–H groups in total. The zero-order valence-corrected chi connectivity index (χ0v) is 38.5. The van der Waals surface area contributed by atoms with E-state index in [4.69, 9.17) is 42.0 Å². The van der Waals surface area contributed by atoms with E-state index in [0.717, 1.165) is 44.7 Å². The topological polar surface area (TPSA) is 100 Å². The summed E-state index contributed by atoms with van der Waals surface area (Å²) in [6, 6.07) is 66.2. The van der Waals surface area contributed by atoms with Crippen LogP contribution in [-0.2, 0) is 88.1 Å². The van der Waals surface area contributed by atoms with Crippen LogP contribution in [0, 0.1) is 0 Å². The van der Waals surface area contributed by atoms with E-state index < -0.39 is 44.4 Å². The zero-order chi connectivity index (χ0) is 45.9. The molecule has 7 aromatic rings. The first kappa shape index (κ1) is 47.7. The van der Waals surface area contributed by atoms with Gasteiger partial charge in [-0.3, -0.25) is 13.6 Å². The van der Waals surface area contributed by atoms with E-state index in [-0.39, 0.29) is 46.2 Å². The SMILES string of the molecule is COc1ccc(COC2[C@H](OCc3ccccc3)[C@H](OCc3ccccc3)C(OP(=O)(OCc3ccccc3)OCc3ccccc3)[C@H](OCc3ccccc3)[C@H]2OCc2ccccc2)cc1. The van der Waals surface area contributed by atoms with Crippen LogP contribution in [-0.4, -0.2) is 43.7 Å². The predicted molar refractivity (Wildman–Crippen MR) is 257 cm³/mol. The molecule has 0 radical (unpaired) electrons. The summed E-state index contributed by atoms with van der Waals surface area (Å²) >= 11 is 0. The minimum atomic E-state index is -4.51. The maximum atomic E-state index is 15.6. The smallest absolute Gasteiger partial charge is 0.475 e. The molecule has 67 heavy (non-hydrogen) atoms. The third kappa shape index (κ3) is 14.1. The molecule has 0 spiro atoms. The maximum absolute atomic E-state index is 15.6. The first-order chi connectivity index (χ1) is 33.0. The van der Waals surface area contributed by atoms with E-state index in [1.165, 1.54) is 0 Å². The molecule has 11 heteroatoms. The Bertz CT molecular complexity index is 2360. The van der Waals surface area contributed by atoms with Crippen LogP contribution in [0.1, 0.15) is 38.9 Å². The second-order valence-corrected chi connectivity index (χ2v) is 17.8. The molecule has 2 unspecified atom stereocenters. The molecule has 0 aromatic heterocycles. The quantitative estimate of drug-likeness (QED) is 0.0545. The van der Waals surface area contributed by atoms with Crippen molar-refractivity contribution in [2.75, 3.05) is 7.11 Å². The van der Waals surface area contributed by atoms with Crippen molar-refractivity contribution in [3.8, 4) is 5.75 Å². The average molecular weight is 921 g/mol. The van der Waals surface area contributed by atoms with E-state index >= 15 is 4.57 Å². The highest BCUT2D eigenvalue weighted by atomic mass is 31.2. The van der Waals surface area contributed by atoms with Gasteiger partial charge in [-0.2, -0.15) is 0 Å². The minimum Gasteiger partial charge on any atom is -0.497 e. The van der Waals surface area contributed by atoms with E-state index in [1.807, 2.05) is 206 Å². The van der Waals surface area contributed by atoms with Gasteiger partial charge in [-0.1, -0.05) is 194 Å². The van der Waals surface area contributed by atoms with Gasteiger partial charge in [0, 0.05) is 0 Å². The molecule has 0 amide bonds. The number of phosphoric acid groups is 1. The fraction of sp³-hybridized carbons (Fsp3) is 0.250. The highest BCUT2D eigenvalue weighted by Gasteiger charge is 2.57. The number of phosphoric ester groups is 1. The molecule has 0 bridgehead atoms. The van der Waals surface area contributed by atoms with Gasteiger partial charge in [-0.15, -0.1) is 0 Å². The Morgan fingerprint density at radius 3 is 0.821 bits per heavy atom. The van der Waals surface area contributed by atoms with Crippen molar-refractivity contribution in [3.05, 3.63) is 245 Å². The summed E-state index contributed by atoms with van der Waals surface area (Å²) in [5.74, 6) is 0.728. The maximum Gasteiger partial charge on any atom is 0.475 e. The molecular weight excluding hydrogens is 864 g/mol. The Hall–Kier alpha value is -5.75. The molecule has 1 fully saturated rings. The van der Waals surface area contributed by atoms with E-state index in [2.05, 4.69) is 0 Å². The average Bonchev–Trinajstić information content (AvgIpc) is 3.39. The lowest BCUT2D eigenvalue weighted by Crippen LogP contribution is -2.67. The van der Waals surface area contributed by atoms with E-state index in [9.17, 15) is 0 Å². The summed E-state index contributed by atoms with van der Waals surface area (Å²) in [7, 11) is -2.87. The second kappa shape index (κ2) is 24.9. The lowest BCUT2D eigenvalue weighted by Gasteiger charge is -2.50. The van der Waals surface area contributed by atoms with Crippen molar-refractivity contribution in [1.82, 2.24) is 0 Å². The van der Waals surface area contributed by atoms with E-state index in [0.29, 0.717) is 0 Å². The molecule has 6 atom stereocenters. The first-order valence-corrected chi connectivity index (χ1v) is 24.0. The first-order valence-electron chi connectivity index (χ1n) is 22.5. The van der Waals surface area contributed by atoms with Gasteiger partial charge in [0.05, 0.1) is 53.4 Å². The van der Waals surface area contributed by atoms with Gasteiger partial charge in [0.25, 0.3) is 0 Å². The summed E-state index contributed by atoms with van der Waals surface area (Å²) < 4.78 is 75.9. The fourth-order valence-electron chi connectivity index (χ4n) is 7.87. The molecule has 0 aliphatic heterocycles. The van der Waals surface area contributed by atoms with Crippen LogP contribution >= 0.6 is 7.82 Å². The Labute approximate surface area is 393 Å². The van der Waals surface area contributed by atoms with Gasteiger partial charge in [-0.25, -0.2) is 4.57 Å². The van der Waals surface area contributed by atoms with Crippen LogP contribution < -0.4 is 4.74 Å². The molecule has 7 aromatic carbocycles. The van der Waals surface area contributed by atoms with Gasteiger partial charge in [-0.05, 0) is 51.1 Å². The predicted octanol–water partition coefficient (Wildman–Crippen LogP) is 11.9. The van der Waals surface area contributed by atoms with Crippen LogP contribution in [0.15, 0.2) is 206 Å².